The molecule has 0 radical (unpaired) electrons. The number of benzene rings is 4. The van der Waals surface area contributed by atoms with Gasteiger partial charge in [0.2, 0.25) is 0 Å². The quantitative estimate of drug-likeness (QED) is 0.219. The number of halogens is 1. The fourth-order valence-electron chi connectivity index (χ4n) is 5.34. The van der Waals surface area contributed by atoms with E-state index in [0.29, 0.717) is 0 Å². The van der Waals surface area contributed by atoms with E-state index in [1.807, 2.05) is 48.7 Å². The summed E-state index contributed by atoms with van der Waals surface area (Å²) in [5.74, 6) is 0.826. The van der Waals surface area contributed by atoms with E-state index in [2.05, 4.69) is 94.8 Å². The van der Waals surface area contributed by atoms with Crippen LogP contribution in [0.25, 0.3) is 45.2 Å². The van der Waals surface area contributed by atoms with Gasteiger partial charge in [-0.15, -0.1) is 0 Å². The van der Waals surface area contributed by atoms with E-state index in [4.69, 9.17) is 15.0 Å². The molecule has 38 heavy (non-hydrogen) atoms. The molecule has 3 nitrogen and oxygen atoms in total. The maximum Gasteiger partial charge on any atom is 0.160 e. The highest BCUT2D eigenvalue weighted by Gasteiger charge is 2.31. The van der Waals surface area contributed by atoms with Crippen LogP contribution >= 0.6 is 15.9 Å². The molecule has 0 fully saturated rings. The van der Waals surface area contributed by atoms with E-state index in [-0.39, 0.29) is 5.92 Å². The van der Waals surface area contributed by atoms with Crippen LogP contribution in [-0.4, -0.2) is 15.0 Å². The summed E-state index contributed by atoms with van der Waals surface area (Å²) in [7, 11) is 0. The normalized spacial score (nSPS) is 13.7. The van der Waals surface area contributed by atoms with Crippen LogP contribution in [0, 0.1) is 0 Å². The van der Waals surface area contributed by atoms with Crippen molar-refractivity contribution in [2.45, 2.75) is 5.92 Å². The molecule has 6 aromatic rings. The van der Waals surface area contributed by atoms with Crippen molar-refractivity contribution in [1.82, 2.24) is 15.0 Å². The second-order valence-electron chi connectivity index (χ2n) is 9.43. The summed E-state index contributed by atoms with van der Waals surface area (Å²) in [5, 5.41) is 0. The standard InChI is InChI=1S/C34H22BrN3/c35-26-16-17-27-29(20-26)32(28-15-8-18-36-33(27)28)25-14-7-13-24(19-25)31-21-30(22-9-3-1-4-10-22)37-34(38-31)23-11-5-2-6-12-23/h1-21,32H. The summed E-state index contributed by atoms with van der Waals surface area (Å²) >= 11 is 3.68. The van der Waals surface area contributed by atoms with E-state index in [1.165, 1.54) is 22.3 Å². The summed E-state index contributed by atoms with van der Waals surface area (Å²) < 4.78 is 1.07. The third kappa shape index (κ3) is 4.04. The maximum atomic E-state index is 5.04. The van der Waals surface area contributed by atoms with Gasteiger partial charge in [-0.1, -0.05) is 107 Å². The number of rotatable bonds is 4. The Morgan fingerprint density at radius 3 is 2.05 bits per heavy atom. The molecule has 4 aromatic carbocycles. The zero-order valence-corrected chi connectivity index (χ0v) is 22.0. The Morgan fingerprint density at radius 2 is 1.26 bits per heavy atom. The highest BCUT2D eigenvalue weighted by molar-refractivity contribution is 9.10. The van der Waals surface area contributed by atoms with Crippen molar-refractivity contribution in [2.75, 3.05) is 0 Å². The molecular weight excluding hydrogens is 530 g/mol. The first-order valence-electron chi connectivity index (χ1n) is 12.6. The number of aromatic nitrogens is 3. The lowest BCUT2D eigenvalue weighted by molar-refractivity contribution is 1.01. The molecular formula is C34H22BrN3. The van der Waals surface area contributed by atoms with Crippen LogP contribution in [-0.2, 0) is 0 Å². The molecule has 1 aliphatic rings. The van der Waals surface area contributed by atoms with Gasteiger partial charge >= 0.3 is 0 Å². The van der Waals surface area contributed by atoms with E-state index >= 15 is 0 Å². The van der Waals surface area contributed by atoms with Crippen molar-refractivity contribution in [3.8, 4) is 45.2 Å². The van der Waals surface area contributed by atoms with Gasteiger partial charge in [-0.05, 0) is 47.0 Å². The molecule has 180 valence electrons. The highest BCUT2D eigenvalue weighted by Crippen LogP contribution is 2.48. The molecule has 4 heteroatoms. The molecule has 7 rings (SSSR count). The van der Waals surface area contributed by atoms with Gasteiger partial charge in [-0.3, -0.25) is 4.98 Å². The average Bonchev–Trinajstić information content (AvgIpc) is 3.31. The zero-order chi connectivity index (χ0) is 25.5. The average molecular weight is 552 g/mol. The summed E-state index contributed by atoms with van der Waals surface area (Å²) in [4.78, 5) is 14.7. The highest BCUT2D eigenvalue weighted by atomic mass is 79.9. The van der Waals surface area contributed by atoms with E-state index in [9.17, 15) is 0 Å². The van der Waals surface area contributed by atoms with Crippen molar-refractivity contribution >= 4 is 15.9 Å². The van der Waals surface area contributed by atoms with E-state index < -0.39 is 0 Å². The fourth-order valence-corrected chi connectivity index (χ4v) is 5.72. The van der Waals surface area contributed by atoms with Crippen LogP contribution in [0.2, 0.25) is 0 Å². The lowest BCUT2D eigenvalue weighted by atomic mass is 9.88. The van der Waals surface area contributed by atoms with Crippen molar-refractivity contribution < 1.29 is 0 Å². The van der Waals surface area contributed by atoms with Gasteiger partial charge in [-0.25, -0.2) is 9.97 Å². The Bertz CT molecular complexity index is 1720. The first-order chi connectivity index (χ1) is 18.7. The summed E-state index contributed by atoms with van der Waals surface area (Å²) in [6.45, 7) is 0. The third-order valence-corrected chi connectivity index (χ3v) is 7.57. The predicted molar refractivity (Wildman–Crippen MR) is 157 cm³/mol. The minimum atomic E-state index is 0.107. The molecule has 0 saturated carbocycles. The largest absolute Gasteiger partial charge is 0.256 e. The molecule has 0 spiro atoms. The Kier molecular flexibility index (Phi) is 5.67. The Hall–Kier alpha value is -4.41. The van der Waals surface area contributed by atoms with Crippen molar-refractivity contribution in [2.24, 2.45) is 0 Å². The van der Waals surface area contributed by atoms with Crippen LogP contribution in [0.4, 0.5) is 0 Å². The molecule has 1 atom stereocenters. The number of hydrogen-bond acceptors (Lipinski definition) is 3. The number of fused-ring (bicyclic) bond motifs is 3. The van der Waals surface area contributed by atoms with Gasteiger partial charge in [-0.2, -0.15) is 0 Å². The SMILES string of the molecule is Brc1ccc2c(c1)C(c1cccc(-c3cc(-c4ccccc4)nc(-c4ccccc4)n3)c1)c1cccnc1-2. The molecule has 1 unspecified atom stereocenters. The molecule has 2 aromatic heterocycles. The van der Waals surface area contributed by atoms with Gasteiger partial charge in [0, 0.05) is 38.8 Å². The topological polar surface area (TPSA) is 38.7 Å². The van der Waals surface area contributed by atoms with Gasteiger partial charge in [0.05, 0.1) is 17.1 Å². The monoisotopic (exact) mass is 551 g/mol. The smallest absolute Gasteiger partial charge is 0.160 e. The summed E-state index contributed by atoms with van der Waals surface area (Å²) in [6.07, 6.45) is 1.88. The lowest BCUT2D eigenvalue weighted by Gasteiger charge is -2.16. The molecule has 0 amide bonds. The zero-order valence-electron chi connectivity index (χ0n) is 20.4. The van der Waals surface area contributed by atoms with Crippen molar-refractivity contribution in [3.05, 3.63) is 149 Å². The summed E-state index contributed by atoms with van der Waals surface area (Å²) in [6, 6.07) is 42.0. The molecule has 0 aliphatic heterocycles. The molecule has 1 aliphatic carbocycles. The van der Waals surface area contributed by atoms with Gasteiger partial charge in [0.1, 0.15) is 0 Å². The molecule has 0 saturated heterocycles. The van der Waals surface area contributed by atoms with Crippen LogP contribution in [0.5, 0.6) is 0 Å². The minimum Gasteiger partial charge on any atom is -0.256 e. The predicted octanol–water partition coefficient (Wildman–Crippen LogP) is 8.80. The second-order valence-corrected chi connectivity index (χ2v) is 10.3. The minimum absolute atomic E-state index is 0.107. The molecule has 0 bridgehead atoms. The number of pyridine rings is 1. The Labute approximate surface area is 230 Å². The van der Waals surface area contributed by atoms with Crippen LogP contribution in [0.3, 0.4) is 0 Å². The third-order valence-electron chi connectivity index (χ3n) is 7.07. The Morgan fingerprint density at radius 1 is 0.553 bits per heavy atom. The van der Waals surface area contributed by atoms with Crippen LogP contribution < -0.4 is 0 Å². The van der Waals surface area contributed by atoms with Gasteiger partial charge in [0.25, 0.3) is 0 Å². The maximum absolute atomic E-state index is 5.04. The number of hydrogen-bond donors (Lipinski definition) is 0. The van der Waals surface area contributed by atoms with Gasteiger partial charge in [0.15, 0.2) is 5.82 Å². The molecule has 0 N–H and O–H groups in total. The Balaban J connectivity index is 1.39. The molecule has 2 heterocycles. The van der Waals surface area contributed by atoms with E-state index in [1.54, 1.807) is 0 Å². The van der Waals surface area contributed by atoms with Crippen molar-refractivity contribution in [1.29, 1.82) is 0 Å². The number of nitrogens with zero attached hydrogens (tertiary/aromatic N) is 3. The van der Waals surface area contributed by atoms with Gasteiger partial charge < -0.3 is 0 Å². The first-order valence-corrected chi connectivity index (χ1v) is 13.4. The second kappa shape index (κ2) is 9.47. The van der Waals surface area contributed by atoms with Crippen molar-refractivity contribution in [3.63, 3.8) is 0 Å². The lowest BCUT2D eigenvalue weighted by Crippen LogP contribution is -2.01. The summed E-state index contributed by atoms with van der Waals surface area (Å²) in [5.41, 5.74) is 10.9. The first kappa shape index (κ1) is 22.8. The van der Waals surface area contributed by atoms with E-state index in [0.717, 1.165) is 44.1 Å². The van der Waals surface area contributed by atoms with Crippen LogP contribution in [0.15, 0.2) is 132 Å². The van der Waals surface area contributed by atoms with Crippen LogP contribution in [0.1, 0.15) is 22.6 Å². The fraction of sp³-hybridized carbons (Fsp3) is 0.0294.